The highest BCUT2D eigenvalue weighted by Gasteiger charge is 2.32. The largest absolute Gasteiger partial charge is 0.490 e. The van der Waals surface area contributed by atoms with E-state index in [9.17, 15) is 9.90 Å². The van der Waals surface area contributed by atoms with Crippen molar-refractivity contribution in [2.45, 2.75) is 44.5 Å². The van der Waals surface area contributed by atoms with E-state index in [1.165, 1.54) is 11.1 Å². The van der Waals surface area contributed by atoms with E-state index in [0.717, 1.165) is 21.5 Å². The average molecular weight is 494 g/mol. The van der Waals surface area contributed by atoms with Crippen molar-refractivity contribution in [2.75, 3.05) is 19.0 Å². The summed E-state index contributed by atoms with van der Waals surface area (Å²) in [5.74, 6) is 1.31. The number of carboxylic acid groups (broad SMARTS) is 1. The van der Waals surface area contributed by atoms with E-state index >= 15 is 0 Å². The first kappa shape index (κ1) is 23.0. The lowest BCUT2D eigenvalue weighted by molar-refractivity contribution is -0.138. The number of aliphatic carboxylic acids is 1. The second-order valence-corrected chi connectivity index (χ2v) is 10.5. The number of benzene rings is 2. The second-order valence-electron chi connectivity index (χ2n) is 8.40. The predicted octanol–water partition coefficient (Wildman–Crippen LogP) is 5.30. The number of nitrogens with one attached hydrogen (secondary N) is 1. The van der Waals surface area contributed by atoms with Crippen LogP contribution in [0.5, 0.6) is 11.5 Å². The molecule has 1 heterocycles. The topological polar surface area (TPSA) is 67.8 Å². The van der Waals surface area contributed by atoms with Gasteiger partial charge in [0.1, 0.15) is 30.8 Å². The van der Waals surface area contributed by atoms with E-state index in [1.807, 2.05) is 24.3 Å². The van der Waals surface area contributed by atoms with Crippen LogP contribution in [0.3, 0.4) is 0 Å². The lowest BCUT2D eigenvalue weighted by atomic mass is 9.85. The first-order chi connectivity index (χ1) is 14.1. The Bertz CT molecular complexity index is 913. The molecule has 3 rings (SSSR count). The van der Waals surface area contributed by atoms with Crippen LogP contribution in [0.1, 0.15) is 42.8 Å². The maximum atomic E-state index is 11.3. The van der Waals surface area contributed by atoms with Crippen molar-refractivity contribution in [1.82, 2.24) is 5.32 Å². The van der Waals surface area contributed by atoms with E-state index in [-0.39, 0.29) is 10.8 Å². The summed E-state index contributed by atoms with van der Waals surface area (Å²) in [5.41, 5.74) is 3.32. The molecule has 0 aliphatic carbocycles. The Kier molecular flexibility index (Phi) is 7.37. The number of thioether (sulfide) groups is 1. The number of ether oxygens (including phenoxy) is 2. The number of carboxylic acids is 1. The summed E-state index contributed by atoms with van der Waals surface area (Å²) in [5, 5.41) is 12.3. The number of rotatable bonds is 7. The smallest absolute Gasteiger partial charge is 0.321 e. The highest BCUT2D eigenvalue weighted by molar-refractivity contribution is 9.10. The fourth-order valence-electron chi connectivity index (χ4n) is 3.31. The Morgan fingerprint density at radius 2 is 1.83 bits per heavy atom. The lowest BCUT2D eigenvalue weighted by Gasteiger charge is -2.23. The van der Waals surface area contributed by atoms with E-state index in [0.29, 0.717) is 19.0 Å². The van der Waals surface area contributed by atoms with Crippen molar-refractivity contribution in [3.05, 3.63) is 57.6 Å². The van der Waals surface area contributed by atoms with Crippen LogP contribution in [0, 0.1) is 6.92 Å². The minimum Gasteiger partial charge on any atom is -0.490 e. The molecule has 2 N–H and O–H groups in total. The molecule has 162 valence electrons. The van der Waals surface area contributed by atoms with Gasteiger partial charge in [-0.2, -0.15) is 0 Å². The van der Waals surface area contributed by atoms with E-state index in [2.05, 4.69) is 61.1 Å². The summed E-state index contributed by atoms with van der Waals surface area (Å²) >= 11 is 5.07. The third kappa shape index (κ3) is 5.71. The van der Waals surface area contributed by atoms with Crippen LogP contribution < -0.4 is 14.8 Å². The van der Waals surface area contributed by atoms with Crippen molar-refractivity contribution in [3.8, 4) is 11.5 Å². The molecule has 1 aliphatic rings. The van der Waals surface area contributed by atoms with Crippen LogP contribution in [0.4, 0.5) is 0 Å². The van der Waals surface area contributed by atoms with Gasteiger partial charge >= 0.3 is 5.97 Å². The molecule has 0 bridgehead atoms. The molecule has 1 saturated heterocycles. The summed E-state index contributed by atoms with van der Waals surface area (Å²) in [7, 11) is 0. The SMILES string of the molecule is Cc1ccc(OCCOc2ccc(Br)cc2C2NC(C(=O)O)CS2)c(C(C)(C)C)c1. The zero-order valence-electron chi connectivity index (χ0n) is 17.7. The molecule has 5 nitrogen and oxygen atoms in total. The Labute approximate surface area is 190 Å². The fourth-order valence-corrected chi connectivity index (χ4v) is 4.93. The summed E-state index contributed by atoms with van der Waals surface area (Å²) in [6, 6.07) is 11.5. The molecular weight excluding hydrogens is 466 g/mol. The van der Waals surface area contributed by atoms with Gasteiger partial charge in [-0.3, -0.25) is 10.1 Å². The first-order valence-electron chi connectivity index (χ1n) is 9.92. The van der Waals surface area contributed by atoms with Gasteiger partial charge in [0.25, 0.3) is 0 Å². The summed E-state index contributed by atoms with van der Waals surface area (Å²) in [6.45, 7) is 9.43. The zero-order chi connectivity index (χ0) is 21.9. The third-order valence-corrected chi connectivity index (χ3v) is 6.62. The van der Waals surface area contributed by atoms with Gasteiger partial charge in [-0.1, -0.05) is 54.4 Å². The van der Waals surface area contributed by atoms with Crippen molar-refractivity contribution < 1.29 is 19.4 Å². The standard InChI is InChI=1S/C23H28BrNO4S/c1-14-5-7-20(17(11-14)23(2,3)4)29-10-9-28-19-8-6-15(24)12-16(19)21-25-18(13-30-21)22(26)27/h5-8,11-12,18,21,25H,9-10,13H2,1-4H3,(H,26,27). The normalized spacial score (nSPS) is 19.0. The van der Waals surface area contributed by atoms with Crippen molar-refractivity contribution >= 4 is 33.7 Å². The van der Waals surface area contributed by atoms with Crippen molar-refractivity contribution in [3.63, 3.8) is 0 Å². The van der Waals surface area contributed by atoms with E-state index < -0.39 is 12.0 Å². The minimum absolute atomic E-state index is 0.00681. The quantitative estimate of drug-likeness (QED) is 0.510. The minimum atomic E-state index is -0.830. The zero-order valence-corrected chi connectivity index (χ0v) is 20.1. The first-order valence-corrected chi connectivity index (χ1v) is 11.8. The van der Waals surface area contributed by atoms with Gasteiger partial charge in [-0.15, -0.1) is 11.8 Å². The number of carbonyl (C=O) groups is 1. The molecule has 0 aromatic heterocycles. The van der Waals surface area contributed by atoms with Crippen LogP contribution in [0.15, 0.2) is 40.9 Å². The monoisotopic (exact) mass is 493 g/mol. The predicted molar refractivity (Wildman–Crippen MR) is 125 cm³/mol. The number of halogens is 1. The number of hydrogen-bond acceptors (Lipinski definition) is 5. The molecule has 2 aromatic carbocycles. The molecule has 1 fully saturated rings. The van der Waals surface area contributed by atoms with E-state index in [4.69, 9.17) is 9.47 Å². The number of hydrogen-bond donors (Lipinski definition) is 2. The lowest BCUT2D eigenvalue weighted by Crippen LogP contribution is -2.33. The average Bonchev–Trinajstić information content (AvgIpc) is 3.16. The molecule has 2 unspecified atom stereocenters. The van der Waals surface area contributed by atoms with Crippen molar-refractivity contribution in [1.29, 1.82) is 0 Å². The molecule has 30 heavy (non-hydrogen) atoms. The maximum absolute atomic E-state index is 11.3. The van der Waals surface area contributed by atoms with Crippen LogP contribution in [0.2, 0.25) is 0 Å². The highest BCUT2D eigenvalue weighted by atomic mass is 79.9. The molecule has 2 atom stereocenters. The van der Waals surface area contributed by atoms with E-state index in [1.54, 1.807) is 11.8 Å². The number of aryl methyl sites for hydroxylation is 1. The molecule has 0 saturated carbocycles. The van der Waals surface area contributed by atoms with Gasteiger partial charge in [0.2, 0.25) is 0 Å². The summed E-state index contributed by atoms with van der Waals surface area (Å²) < 4.78 is 13.0. The Morgan fingerprint density at radius 1 is 1.17 bits per heavy atom. The second kappa shape index (κ2) is 9.62. The Hall–Kier alpha value is -1.70. The van der Waals surface area contributed by atoms with Gasteiger partial charge in [0.05, 0.1) is 5.37 Å². The molecule has 2 aromatic rings. The highest BCUT2D eigenvalue weighted by Crippen LogP contribution is 2.39. The molecule has 1 aliphatic heterocycles. The van der Waals surface area contributed by atoms with Crippen LogP contribution in [-0.4, -0.2) is 36.1 Å². The molecular formula is C23H28BrNO4S. The van der Waals surface area contributed by atoms with Gasteiger partial charge < -0.3 is 14.6 Å². The summed E-state index contributed by atoms with van der Waals surface area (Å²) in [4.78, 5) is 11.3. The molecule has 7 heteroatoms. The van der Waals surface area contributed by atoms with Gasteiger partial charge in [-0.05, 0) is 42.2 Å². The third-order valence-electron chi connectivity index (χ3n) is 4.88. The van der Waals surface area contributed by atoms with Crippen LogP contribution in [0.25, 0.3) is 0 Å². The Balaban J connectivity index is 1.65. The van der Waals surface area contributed by atoms with Crippen molar-refractivity contribution in [2.24, 2.45) is 0 Å². The Morgan fingerprint density at radius 3 is 2.47 bits per heavy atom. The van der Waals surface area contributed by atoms with Gasteiger partial charge in [-0.25, -0.2) is 0 Å². The van der Waals surface area contributed by atoms with Crippen LogP contribution >= 0.6 is 27.7 Å². The maximum Gasteiger partial charge on any atom is 0.321 e. The van der Waals surface area contributed by atoms with Gasteiger partial charge in [0.15, 0.2) is 0 Å². The summed E-state index contributed by atoms with van der Waals surface area (Å²) in [6.07, 6.45) is 0. The molecule has 0 radical (unpaired) electrons. The fraction of sp³-hybridized carbons (Fsp3) is 0.435. The van der Waals surface area contributed by atoms with Gasteiger partial charge in [0, 0.05) is 15.8 Å². The van der Waals surface area contributed by atoms with Crippen LogP contribution in [-0.2, 0) is 10.2 Å². The molecule has 0 spiro atoms. The molecule has 0 amide bonds.